The fourth-order valence-corrected chi connectivity index (χ4v) is 4.27. The molecule has 0 saturated carbocycles. The third-order valence-corrected chi connectivity index (χ3v) is 6.39. The number of rotatable bonds is 12. The van der Waals surface area contributed by atoms with Crippen LogP contribution in [0.2, 0.25) is 5.02 Å². The molecule has 174 valence electrons. The van der Waals surface area contributed by atoms with Gasteiger partial charge in [0.15, 0.2) is 11.5 Å². The lowest BCUT2D eigenvalue weighted by atomic mass is 10.2. The number of ether oxygens (including phenoxy) is 4. The van der Waals surface area contributed by atoms with E-state index in [0.29, 0.717) is 54.7 Å². The third-order valence-electron chi connectivity index (χ3n) is 4.61. The molecule has 0 unspecified atom stereocenters. The Morgan fingerprint density at radius 1 is 1.00 bits per heavy atom. The van der Waals surface area contributed by atoms with Crippen molar-refractivity contribution in [2.75, 3.05) is 33.0 Å². The summed E-state index contributed by atoms with van der Waals surface area (Å²) in [5.74, 6) is 1.20. The number of hydrogen-bond donors (Lipinski definition) is 1. The first kappa shape index (κ1) is 24.2. The van der Waals surface area contributed by atoms with Gasteiger partial charge in [-0.15, -0.1) is 0 Å². The van der Waals surface area contributed by atoms with E-state index in [1.165, 1.54) is 12.1 Å². The van der Waals surface area contributed by atoms with Crippen LogP contribution in [-0.2, 0) is 19.6 Å². The molecule has 1 N–H and O–H groups in total. The number of halogens is 1. The van der Waals surface area contributed by atoms with E-state index in [1.54, 1.807) is 24.3 Å². The zero-order valence-electron chi connectivity index (χ0n) is 17.5. The molecule has 1 aliphatic heterocycles. The monoisotopic (exact) mass is 483 g/mol. The number of esters is 1. The van der Waals surface area contributed by atoms with Crippen LogP contribution in [0.5, 0.6) is 17.2 Å². The summed E-state index contributed by atoms with van der Waals surface area (Å²) >= 11 is 5.98. The van der Waals surface area contributed by atoms with E-state index in [0.717, 1.165) is 0 Å². The van der Waals surface area contributed by atoms with E-state index in [1.807, 2.05) is 6.07 Å². The van der Waals surface area contributed by atoms with Gasteiger partial charge >= 0.3 is 5.97 Å². The molecule has 0 atom stereocenters. The highest BCUT2D eigenvalue weighted by atomic mass is 35.5. The number of fused-ring (bicyclic) bond motifs is 1. The number of benzene rings is 2. The molecule has 1 aliphatic rings. The highest BCUT2D eigenvalue weighted by molar-refractivity contribution is 7.89. The summed E-state index contributed by atoms with van der Waals surface area (Å²) in [6.45, 7) is 1.47. The fraction of sp³-hybridized carbons (Fsp3) is 0.409. The molecule has 2 aromatic rings. The quantitative estimate of drug-likeness (QED) is 0.364. The van der Waals surface area contributed by atoms with Crippen molar-refractivity contribution in [3.63, 3.8) is 0 Å². The molecule has 0 saturated heterocycles. The summed E-state index contributed by atoms with van der Waals surface area (Å²) in [5.41, 5.74) is 0. The van der Waals surface area contributed by atoms with E-state index in [2.05, 4.69) is 4.72 Å². The second-order valence-corrected chi connectivity index (χ2v) is 9.19. The van der Waals surface area contributed by atoms with Crippen LogP contribution in [0.3, 0.4) is 0 Å². The van der Waals surface area contributed by atoms with Gasteiger partial charge in [0.05, 0.1) is 9.92 Å². The van der Waals surface area contributed by atoms with Crippen molar-refractivity contribution in [3.8, 4) is 17.2 Å². The van der Waals surface area contributed by atoms with Gasteiger partial charge in [-0.1, -0.05) is 30.2 Å². The third kappa shape index (κ3) is 7.29. The predicted molar refractivity (Wildman–Crippen MR) is 119 cm³/mol. The standard InChI is InChI=1S/C22H26ClNO7S/c23-18-6-3-4-7-19(18)28-14-15-31-22(25)8-2-1-5-11-24-32(26,27)17-9-10-20-21(16-17)30-13-12-29-20/h3-4,6-7,9-10,16,24H,1-2,5,8,11-15H2. The first-order chi connectivity index (χ1) is 15.5. The number of carbonyl (C=O) groups excluding carboxylic acids is 1. The van der Waals surface area contributed by atoms with Crippen LogP contribution in [0.4, 0.5) is 0 Å². The molecule has 0 spiro atoms. The van der Waals surface area contributed by atoms with Crippen molar-refractivity contribution in [2.24, 2.45) is 0 Å². The lowest BCUT2D eigenvalue weighted by Crippen LogP contribution is -2.25. The van der Waals surface area contributed by atoms with Gasteiger partial charge in [-0.2, -0.15) is 0 Å². The largest absolute Gasteiger partial charge is 0.488 e. The van der Waals surface area contributed by atoms with Crippen molar-refractivity contribution >= 4 is 27.6 Å². The van der Waals surface area contributed by atoms with Crippen molar-refractivity contribution < 1.29 is 32.2 Å². The molecule has 1 heterocycles. The lowest BCUT2D eigenvalue weighted by Gasteiger charge is -2.18. The molecule has 2 aromatic carbocycles. The maximum Gasteiger partial charge on any atom is 0.305 e. The van der Waals surface area contributed by atoms with Crippen molar-refractivity contribution in [1.82, 2.24) is 4.72 Å². The molecule has 8 nitrogen and oxygen atoms in total. The molecule has 0 bridgehead atoms. The Morgan fingerprint density at radius 3 is 2.59 bits per heavy atom. The van der Waals surface area contributed by atoms with Crippen molar-refractivity contribution in [3.05, 3.63) is 47.5 Å². The van der Waals surface area contributed by atoms with Crippen LogP contribution in [0.25, 0.3) is 0 Å². The Morgan fingerprint density at radius 2 is 1.78 bits per heavy atom. The number of carbonyl (C=O) groups is 1. The van der Waals surface area contributed by atoms with E-state index < -0.39 is 10.0 Å². The predicted octanol–water partition coefficient (Wildman–Crippen LogP) is 3.57. The Kier molecular flexibility index (Phi) is 9.01. The summed E-state index contributed by atoms with van der Waals surface area (Å²) in [6, 6.07) is 11.6. The van der Waals surface area contributed by atoms with Gasteiger partial charge in [0.2, 0.25) is 10.0 Å². The summed E-state index contributed by atoms with van der Waals surface area (Å²) in [4.78, 5) is 11.9. The highest BCUT2D eigenvalue weighted by Gasteiger charge is 2.18. The number of para-hydroxylation sites is 1. The zero-order chi connectivity index (χ0) is 22.8. The van der Waals surface area contributed by atoms with Crippen LogP contribution in [0, 0.1) is 0 Å². The second kappa shape index (κ2) is 11.9. The molecular weight excluding hydrogens is 458 g/mol. The molecule has 0 aliphatic carbocycles. The van der Waals surface area contributed by atoms with Gasteiger partial charge in [-0.05, 0) is 37.1 Å². The smallest absolute Gasteiger partial charge is 0.305 e. The van der Waals surface area contributed by atoms with Crippen molar-refractivity contribution in [1.29, 1.82) is 0 Å². The van der Waals surface area contributed by atoms with Crippen LogP contribution in [0.1, 0.15) is 25.7 Å². The minimum atomic E-state index is -3.64. The van der Waals surface area contributed by atoms with E-state index >= 15 is 0 Å². The summed E-state index contributed by atoms with van der Waals surface area (Å²) < 4.78 is 48.8. The van der Waals surface area contributed by atoms with Gasteiger partial charge in [0.1, 0.15) is 32.2 Å². The van der Waals surface area contributed by atoms with Gasteiger partial charge < -0.3 is 18.9 Å². The van der Waals surface area contributed by atoms with Crippen LogP contribution < -0.4 is 18.9 Å². The summed E-state index contributed by atoms with van der Waals surface area (Å²) in [7, 11) is -3.64. The van der Waals surface area contributed by atoms with E-state index in [-0.39, 0.29) is 37.0 Å². The Bertz CT molecular complexity index is 1010. The first-order valence-electron chi connectivity index (χ1n) is 10.4. The van der Waals surface area contributed by atoms with Crippen molar-refractivity contribution in [2.45, 2.75) is 30.6 Å². The average molecular weight is 484 g/mol. The molecule has 32 heavy (non-hydrogen) atoms. The number of unbranched alkanes of at least 4 members (excludes halogenated alkanes) is 2. The lowest BCUT2D eigenvalue weighted by molar-refractivity contribution is -0.144. The SMILES string of the molecule is O=C(CCCCCNS(=O)(=O)c1ccc2c(c1)OCCO2)OCCOc1ccccc1Cl. The molecule has 0 amide bonds. The number of nitrogens with one attached hydrogen (secondary N) is 1. The second-order valence-electron chi connectivity index (χ2n) is 7.01. The van der Waals surface area contributed by atoms with Gasteiger partial charge in [-0.3, -0.25) is 4.79 Å². The molecule has 0 fully saturated rings. The Labute approximate surface area is 192 Å². The van der Waals surface area contributed by atoms with Gasteiger partial charge in [0.25, 0.3) is 0 Å². The zero-order valence-corrected chi connectivity index (χ0v) is 19.1. The molecule has 0 radical (unpaired) electrons. The molecule has 3 rings (SSSR count). The van der Waals surface area contributed by atoms with E-state index in [4.69, 9.17) is 30.5 Å². The van der Waals surface area contributed by atoms with Crippen LogP contribution in [0.15, 0.2) is 47.4 Å². The number of hydrogen-bond acceptors (Lipinski definition) is 7. The average Bonchev–Trinajstić information content (AvgIpc) is 2.79. The maximum absolute atomic E-state index is 12.4. The maximum atomic E-state index is 12.4. The van der Waals surface area contributed by atoms with Gasteiger partial charge in [0, 0.05) is 19.0 Å². The topological polar surface area (TPSA) is 100 Å². The summed E-state index contributed by atoms with van der Waals surface area (Å²) in [6.07, 6.45) is 2.17. The highest BCUT2D eigenvalue weighted by Crippen LogP contribution is 2.32. The number of sulfonamides is 1. The van der Waals surface area contributed by atoms with E-state index in [9.17, 15) is 13.2 Å². The fourth-order valence-electron chi connectivity index (χ4n) is 2.99. The minimum Gasteiger partial charge on any atom is -0.488 e. The summed E-state index contributed by atoms with van der Waals surface area (Å²) in [5, 5.41) is 0.503. The normalized spacial score (nSPS) is 12.9. The Hall–Kier alpha value is -2.49. The molecular formula is C22H26ClNO7S. The first-order valence-corrected chi connectivity index (χ1v) is 12.2. The van der Waals surface area contributed by atoms with Crippen LogP contribution >= 0.6 is 11.6 Å². The molecule has 0 aromatic heterocycles. The minimum absolute atomic E-state index is 0.129. The van der Waals surface area contributed by atoms with Gasteiger partial charge in [-0.25, -0.2) is 13.1 Å². The Balaban J connectivity index is 1.27. The van der Waals surface area contributed by atoms with Crippen LogP contribution in [-0.4, -0.2) is 47.4 Å². The molecule has 10 heteroatoms.